The maximum absolute atomic E-state index is 10.8. The highest BCUT2D eigenvalue weighted by atomic mass is 16.4. The van der Waals surface area contributed by atoms with E-state index in [4.69, 9.17) is 10.4 Å². The van der Waals surface area contributed by atoms with Crippen LogP contribution < -0.4 is 5.32 Å². The SMILES string of the molecule is N#Cc1ccncc1NC(CC(=O)O)C1CC1. The Morgan fingerprint density at radius 1 is 1.71 bits per heavy atom. The van der Waals surface area contributed by atoms with Crippen molar-refractivity contribution in [3.05, 3.63) is 24.0 Å². The van der Waals surface area contributed by atoms with Gasteiger partial charge < -0.3 is 10.4 Å². The zero-order valence-corrected chi connectivity index (χ0v) is 9.26. The first-order valence-corrected chi connectivity index (χ1v) is 5.53. The number of carbonyl (C=O) groups is 1. The topological polar surface area (TPSA) is 86.0 Å². The first kappa shape index (κ1) is 11.4. The van der Waals surface area contributed by atoms with Gasteiger partial charge in [0, 0.05) is 12.2 Å². The maximum Gasteiger partial charge on any atom is 0.305 e. The van der Waals surface area contributed by atoms with Gasteiger partial charge in [-0.15, -0.1) is 0 Å². The summed E-state index contributed by atoms with van der Waals surface area (Å²) in [4.78, 5) is 14.7. The number of hydrogen-bond donors (Lipinski definition) is 2. The van der Waals surface area contributed by atoms with Crippen molar-refractivity contribution in [2.75, 3.05) is 5.32 Å². The largest absolute Gasteiger partial charge is 0.481 e. The lowest BCUT2D eigenvalue weighted by Gasteiger charge is -2.17. The molecule has 1 heterocycles. The van der Waals surface area contributed by atoms with Crippen molar-refractivity contribution in [2.45, 2.75) is 25.3 Å². The Kier molecular flexibility index (Phi) is 3.24. The van der Waals surface area contributed by atoms with E-state index >= 15 is 0 Å². The van der Waals surface area contributed by atoms with Crippen LogP contribution in [0.4, 0.5) is 5.69 Å². The summed E-state index contributed by atoms with van der Waals surface area (Å²) in [5.41, 5.74) is 1.11. The molecule has 5 heteroatoms. The second-order valence-electron chi connectivity index (χ2n) is 4.22. The zero-order valence-electron chi connectivity index (χ0n) is 9.26. The van der Waals surface area contributed by atoms with Crippen LogP contribution in [0.3, 0.4) is 0 Å². The molecule has 1 aliphatic carbocycles. The van der Waals surface area contributed by atoms with E-state index in [1.807, 2.05) is 0 Å². The summed E-state index contributed by atoms with van der Waals surface area (Å²) in [5.74, 6) is -0.422. The van der Waals surface area contributed by atoms with Gasteiger partial charge in [-0.3, -0.25) is 9.78 Å². The Bertz CT molecular complexity index is 463. The summed E-state index contributed by atoms with van der Waals surface area (Å²) in [7, 11) is 0. The fourth-order valence-electron chi connectivity index (χ4n) is 1.83. The number of nitrogens with zero attached hydrogens (tertiary/aromatic N) is 2. The summed E-state index contributed by atoms with van der Waals surface area (Å²) in [5, 5.41) is 20.9. The Labute approximate surface area is 99.1 Å². The number of anilines is 1. The summed E-state index contributed by atoms with van der Waals surface area (Å²) in [6, 6.07) is 3.57. The van der Waals surface area contributed by atoms with E-state index in [0.29, 0.717) is 17.2 Å². The van der Waals surface area contributed by atoms with Crippen LogP contribution in [0, 0.1) is 17.2 Å². The van der Waals surface area contributed by atoms with E-state index in [-0.39, 0.29) is 12.5 Å². The molecular formula is C12H13N3O2. The third kappa shape index (κ3) is 2.94. The van der Waals surface area contributed by atoms with Gasteiger partial charge >= 0.3 is 5.97 Å². The van der Waals surface area contributed by atoms with E-state index in [0.717, 1.165) is 12.8 Å². The lowest BCUT2D eigenvalue weighted by Crippen LogP contribution is -2.25. The number of hydrogen-bond acceptors (Lipinski definition) is 4. The van der Waals surface area contributed by atoms with Crippen LogP contribution in [0.2, 0.25) is 0 Å². The predicted octanol–water partition coefficient (Wildman–Crippen LogP) is 1.62. The molecule has 0 spiro atoms. The summed E-state index contributed by atoms with van der Waals surface area (Å²) >= 11 is 0. The molecule has 2 rings (SSSR count). The highest BCUT2D eigenvalue weighted by Gasteiger charge is 2.33. The molecule has 0 bridgehead atoms. The van der Waals surface area contributed by atoms with Gasteiger partial charge in [0.25, 0.3) is 0 Å². The average molecular weight is 231 g/mol. The van der Waals surface area contributed by atoms with Crippen molar-refractivity contribution in [3.8, 4) is 6.07 Å². The van der Waals surface area contributed by atoms with Gasteiger partial charge in [0.05, 0.1) is 23.9 Å². The highest BCUT2D eigenvalue weighted by molar-refractivity contribution is 5.69. The van der Waals surface area contributed by atoms with Gasteiger partial charge in [-0.1, -0.05) is 0 Å². The molecule has 1 aromatic rings. The van der Waals surface area contributed by atoms with Crippen molar-refractivity contribution in [3.63, 3.8) is 0 Å². The van der Waals surface area contributed by atoms with Gasteiger partial charge in [-0.2, -0.15) is 5.26 Å². The molecule has 17 heavy (non-hydrogen) atoms. The molecule has 1 atom stereocenters. The quantitative estimate of drug-likeness (QED) is 0.804. The van der Waals surface area contributed by atoms with Gasteiger partial charge in [-0.25, -0.2) is 0 Å². The van der Waals surface area contributed by atoms with Crippen LogP contribution in [-0.4, -0.2) is 22.1 Å². The summed E-state index contributed by atoms with van der Waals surface area (Å²) < 4.78 is 0. The Morgan fingerprint density at radius 2 is 2.47 bits per heavy atom. The molecule has 0 amide bonds. The summed E-state index contributed by atoms with van der Waals surface area (Å²) in [6.45, 7) is 0. The van der Waals surface area contributed by atoms with E-state index < -0.39 is 5.97 Å². The maximum atomic E-state index is 10.8. The Balaban J connectivity index is 2.11. The Morgan fingerprint density at radius 3 is 3.06 bits per heavy atom. The monoisotopic (exact) mass is 231 g/mol. The van der Waals surface area contributed by atoms with Gasteiger partial charge in [0.2, 0.25) is 0 Å². The van der Waals surface area contributed by atoms with E-state index in [1.54, 1.807) is 18.5 Å². The van der Waals surface area contributed by atoms with Gasteiger partial charge in [0.1, 0.15) is 6.07 Å². The van der Waals surface area contributed by atoms with Crippen molar-refractivity contribution in [1.29, 1.82) is 5.26 Å². The normalized spacial score (nSPS) is 15.9. The highest BCUT2D eigenvalue weighted by Crippen LogP contribution is 2.36. The number of aliphatic carboxylic acids is 1. The molecule has 1 fully saturated rings. The second-order valence-corrected chi connectivity index (χ2v) is 4.22. The molecule has 0 saturated heterocycles. The number of carboxylic acids is 1. The van der Waals surface area contributed by atoms with Gasteiger partial charge in [0.15, 0.2) is 0 Å². The first-order chi connectivity index (χ1) is 8.20. The average Bonchev–Trinajstić information content (AvgIpc) is 3.12. The third-order valence-corrected chi connectivity index (χ3v) is 2.87. The summed E-state index contributed by atoms with van der Waals surface area (Å²) in [6.07, 6.45) is 5.29. The van der Waals surface area contributed by atoms with Crippen LogP contribution in [0.1, 0.15) is 24.8 Å². The van der Waals surface area contributed by atoms with Gasteiger partial charge in [-0.05, 0) is 24.8 Å². The number of rotatable bonds is 5. The van der Waals surface area contributed by atoms with Crippen molar-refractivity contribution in [1.82, 2.24) is 4.98 Å². The van der Waals surface area contributed by atoms with E-state index in [9.17, 15) is 4.79 Å². The van der Waals surface area contributed by atoms with Crippen LogP contribution in [0.15, 0.2) is 18.5 Å². The molecular weight excluding hydrogens is 218 g/mol. The number of nitrogens with one attached hydrogen (secondary N) is 1. The molecule has 0 radical (unpaired) electrons. The van der Waals surface area contributed by atoms with Crippen LogP contribution in [0.5, 0.6) is 0 Å². The molecule has 88 valence electrons. The number of nitriles is 1. The molecule has 1 saturated carbocycles. The minimum absolute atomic E-state index is 0.0738. The lowest BCUT2D eigenvalue weighted by molar-refractivity contribution is -0.137. The molecule has 1 aliphatic rings. The lowest BCUT2D eigenvalue weighted by atomic mass is 10.1. The third-order valence-electron chi connectivity index (χ3n) is 2.87. The van der Waals surface area contributed by atoms with E-state index in [1.165, 1.54) is 0 Å². The first-order valence-electron chi connectivity index (χ1n) is 5.53. The fraction of sp³-hybridized carbons (Fsp3) is 0.417. The second kappa shape index (κ2) is 4.83. The van der Waals surface area contributed by atoms with Crippen LogP contribution in [0.25, 0.3) is 0 Å². The molecule has 5 nitrogen and oxygen atoms in total. The number of aromatic nitrogens is 1. The standard InChI is InChI=1S/C12H13N3O2/c13-6-9-3-4-14-7-11(9)15-10(5-12(16)17)8-1-2-8/h3-4,7-8,10,15H,1-2,5H2,(H,16,17). The number of carboxylic acid groups (broad SMARTS) is 1. The molecule has 1 aromatic heterocycles. The van der Waals surface area contributed by atoms with Crippen molar-refractivity contribution < 1.29 is 9.90 Å². The van der Waals surface area contributed by atoms with Crippen molar-refractivity contribution >= 4 is 11.7 Å². The minimum Gasteiger partial charge on any atom is -0.481 e. The minimum atomic E-state index is -0.822. The smallest absolute Gasteiger partial charge is 0.305 e. The molecule has 1 unspecified atom stereocenters. The van der Waals surface area contributed by atoms with Crippen molar-refractivity contribution in [2.24, 2.45) is 5.92 Å². The fourth-order valence-corrected chi connectivity index (χ4v) is 1.83. The zero-order chi connectivity index (χ0) is 12.3. The molecule has 0 aromatic carbocycles. The predicted molar refractivity (Wildman–Crippen MR) is 61.3 cm³/mol. The van der Waals surface area contributed by atoms with Crippen LogP contribution >= 0.6 is 0 Å². The Hall–Kier alpha value is -2.09. The number of pyridine rings is 1. The van der Waals surface area contributed by atoms with Crippen LogP contribution in [-0.2, 0) is 4.79 Å². The molecule has 0 aliphatic heterocycles. The van der Waals surface area contributed by atoms with E-state index in [2.05, 4.69) is 16.4 Å². The molecule has 2 N–H and O–H groups in total.